The summed E-state index contributed by atoms with van der Waals surface area (Å²) in [5.41, 5.74) is 1.99. The Balaban J connectivity index is 0.00000254. The second-order valence-electron chi connectivity index (χ2n) is 15.9. The van der Waals surface area contributed by atoms with Gasteiger partial charge in [0.15, 0.2) is 0 Å². The summed E-state index contributed by atoms with van der Waals surface area (Å²) >= 11 is 0. The number of nitrogens with two attached hydrogens (primary N) is 1. The highest BCUT2D eigenvalue weighted by atomic mass is 16.6. The molecule has 1 heterocycles. The summed E-state index contributed by atoms with van der Waals surface area (Å²) in [5, 5.41) is 5.39. The van der Waals surface area contributed by atoms with Gasteiger partial charge in [-0.2, -0.15) is 0 Å². The van der Waals surface area contributed by atoms with Gasteiger partial charge in [0.25, 0.3) is 0 Å². The van der Waals surface area contributed by atoms with Gasteiger partial charge in [0.2, 0.25) is 5.91 Å². The summed E-state index contributed by atoms with van der Waals surface area (Å²) in [4.78, 5) is 67.3. The number of nitrogens with one attached hydrogen (secondary N) is 2. The molecule has 0 bridgehead atoms. The summed E-state index contributed by atoms with van der Waals surface area (Å²) in [6.45, 7) is 23.4. The third-order valence-electron chi connectivity index (χ3n) is 6.27. The molecule has 15 heteroatoms. The van der Waals surface area contributed by atoms with Gasteiger partial charge >= 0.3 is 24.2 Å². The van der Waals surface area contributed by atoms with Crippen LogP contribution in [-0.2, 0) is 33.3 Å². The molecule has 1 fully saturated rings. The molecule has 1 rings (SSSR count). The molecule has 1 aliphatic rings. The fourth-order valence-corrected chi connectivity index (χ4v) is 4.79. The number of alkyl carbamates (subject to hydrolysis) is 1. The maximum Gasteiger partial charge on any atom is 0.412 e. The van der Waals surface area contributed by atoms with Gasteiger partial charge < -0.3 is 34.7 Å². The summed E-state index contributed by atoms with van der Waals surface area (Å²) in [7, 11) is 1.45. The Morgan fingerprint density at radius 3 is 1.82 bits per heavy atom. The number of methoxy groups -OCH3 is 1. The topological polar surface area (TPSA) is 197 Å². The van der Waals surface area contributed by atoms with Gasteiger partial charge in [0.1, 0.15) is 35.1 Å². The van der Waals surface area contributed by atoms with Crippen LogP contribution in [0.3, 0.4) is 0 Å². The molecule has 15 nitrogen and oxygen atoms in total. The van der Waals surface area contributed by atoms with Crippen molar-refractivity contribution in [1.29, 1.82) is 0 Å². The van der Waals surface area contributed by atoms with Crippen molar-refractivity contribution in [1.82, 2.24) is 15.5 Å². The molecule has 0 aliphatic carbocycles. The van der Waals surface area contributed by atoms with Crippen LogP contribution in [0.2, 0.25) is 0 Å². The second kappa shape index (κ2) is 19.5. The van der Waals surface area contributed by atoms with E-state index in [1.54, 1.807) is 83.1 Å². The number of rotatable bonds is 11. The van der Waals surface area contributed by atoms with Gasteiger partial charge in [-0.25, -0.2) is 19.2 Å². The summed E-state index contributed by atoms with van der Waals surface area (Å²) in [6.07, 6.45) is 1.38. The first-order chi connectivity index (χ1) is 22.2. The Morgan fingerprint density at radius 2 is 1.39 bits per heavy atom. The number of hydrogen-bond acceptors (Lipinski definition) is 11. The predicted octanol–water partition coefficient (Wildman–Crippen LogP) is 5.08. The molecule has 4 atom stereocenters. The van der Waals surface area contributed by atoms with Crippen molar-refractivity contribution in [2.45, 2.75) is 156 Å². The smallest absolute Gasteiger partial charge is 0.412 e. The normalized spacial score (nSPS) is 18.9. The first-order valence-electron chi connectivity index (χ1n) is 16.7. The van der Waals surface area contributed by atoms with Gasteiger partial charge in [-0.05, 0) is 102 Å². The number of likely N-dealkylation sites (tertiary alicyclic amines) is 1. The van der Waals surface area contributed by atoms with Crippen molar-refractivity contribution in [3.8, 4) is 0 Å². The number of nitrogens with zero attached hydrogens (tertiary/aromatic N) is 2. The largest absolute Gasteiger partial charge is 0.458 e. The van der Waals surface area contributed by atoms with Crippen LogP contribution in [-0.4, -0.2) is 102 Å². The molecule has 0 aromatic heterocycles. The third kappa shape index (κ3) is 21.2. The molecule has 0 spiro atoms. The van der Waals surface area contributed by atoms with E-state index in [-0.39, 0.29) is 24.9 Å². The minimum absolute atomic E-state index is 0.0374. The molecule has 0 saturated carbocycles. The lowest BCUT2D eigenvalue weighted by atomic mass is 9.92. The van der Waals surface area contributed by atoms with E-state index in [4.69, 9.17) is 24.7 Å². The number of amides is 4. The zero-order chi connectivity index (χ0) is 38.4. The highest BCUT2D eigenvalue weighted by molar-refractivity contribution is 5.84. The Labute approximate surface area is 292 Å². The maximum absolute atomic E-state index is 13.6. The number of aliphatic imine (C=N–C) groups is 1. The molecule has 4 N–H and O–H groups in total. The van der Waals surface area contributed by atoms with Crippen LogP contribution in [0.25, 0.3) is 0 Å². The first kappa shape index (κ1) is 45.4. The van der Waals surface area contributed by atoms with E-state index < -0.39 is 64.8 Å². The Bertz CT molecular complexity index is 1120. The van der Waals surface area contributed by atoms with E-state index in [0.29, 0.717) is 13.0 Å². The first-order valence-corrected chi connectivity index (χ1v) is 16.7. The van der Waals surface area contributed by atoms with Crippen molar-refractivity contribution in [3.05, 3.63) is 0 Å². The van der Waals surface area contributed by atoms with Crippen molar-refractivity contribution in [2.24, 2.45) is 16.6 Å². The van der Waals surface area contributed by atoms with E-state index in [1.807, 2.05) is 6.92 Å². The van der Waals surface area contributed by atoms with Crippen LogP contribution in [0.5, 0.6) is 0 Å². The Hall–Kier alpha value is -3.62. The molecule has 49 heavy (non-hydrogen) atoms. The minimum Gasteiger partial charge on any atom is -0.458 e. The quantitative estimate of drug-likeness (QED) is 0.113. The highest BCUT2D eigenvalue weighted by Crippen LogP contribution is 2.35. The molecule has 284 valence electrons. The van der Waals surface area contributed by atoms with Crippen molar-refractivity contribution >= 4 is 36.5 Å². The summed E-state index contributed by atoms with van der Waals surface area (Å²) in [6, 6.07) is -2.10. The number of esters is 1. The number of ether oxygens (including phenoxy) is 5. The molecule has 4 amide bonds. The molecule has 0 radical (unpaired) electrons. The average Bonchev–Trinajstić information content (AvgIpc) is 3.21. The van der Waals surface area contributed by atoms with Crippen LogP contribution >= 0.6 is 0 Å². The van der Waals surface area contributed by atoms with E-state index in [1.165, 1.54) is 18.3 Å². The van der Waals surface area contributed by atoms with Crippen LogP contribution in [0.15, 0.2) is 4.99 Å². The number of primary amides is 1. The molecule has 1 saturated heterocycles. The monoisotopic (exact) mass is 701 g/mol. The van der Waals surface area contributed by atoms with E-state index in [0.717, 1.165) is 12.8 Å². The SMILES string of the molecule is CC(C)(C)OC(N)=O.CCCC(CNC(=O)COC)C[C@@H]1[C@H](N=CNC(=O)OC(C)(C)C)C[C@H](C(=O)OC(C)(C)C)N1C(=O)OC(C)(C)C. The third-order valence-corrected chi connectivity index (χ3v) is 6.27. The summed E-state index contributed by atoms with van der Waals surface area (Å²) < 4.78 is 26.2. The second-order valence-corrected chi connectivity index (χ2v) is 15.9. The molecular formula is C34H63N5O10. The standard InChI is InChI=1S/C29H52N4O8.C5H11NO2/c1-12-13-19(16-30-23(34)17-38-11)14-21-20(31-18-32-25(36)40-28(5,6)7)15-22(24(35)39-27(2,3)4)33(21)26(37)41-29(8,9)10;1-5(2,3)8-4(6)7/h18-22H,12-17H2,1-11H3,(H,30,34)(H,31,32,36);1-3H3,(H2,6,7)/t19?,20-,21-,22-;/m1./s1. The fraction of sp³-hybridized carbons (Fsp3) is 0.824. The molecule has 1 aliphatic heterocycles. The minimum atomic E-state index is -0.955. The zero-order valence-corrected chi connectivity index (χ0v) is 32.2. The van der Waals surface area contributed by atoms with Crippen molar-refractivity contribution in [3.63, 3.8) is 0 Å². The average molecular weight is 702 g/mol. The molecule has 1 unspecified atom stereocenters. The van der Waals surface area contributed by atoms with Gasteiger partial charge in [-0.3, -0.25) is 20.0 Å². The number of carbonyl (C=O) groups is 5. The van der Waals surface area contributed by atoms with Gasteiger partial charge in [-0.1, -0.05) is 13.3 Å². The van der Waals surface area contributed by atoms with Crippen molar-refractivity contribution < 1.29 is 47.7 Å². The molecule has 0 aromatic carbocycles. The Kier molecular flexibility index (Phi) is 18.1. The lowest BCUT2D eigenvalue weighted by Gasteiger charge is -2.34. The van der Waals surface area contributed by atoms with Gasteiger partial charge in [-0.15, -0.1) is 0 Å². The van der Waals surface area contributed by atoms with Crippen molar-refractivity contribution in [2.75, 3.05) is 20.3 Å². The lowest BCUT2D eigenvalue weighted by molar-refractivity contribution is -0.160. The molecular weight excluding hydrogens is 638 g/mol. The maximum atomic E-state index is 13.6. The van der Waals surface area contributed by atoms with Crippen LogP contribution in [0.1, 0.15) is 116 Å². The van der Waals surface area contributed by atoms with E-state index in [2.05, 4.69) is 20.4 Å². The Morgan fingerprint density at radius 1 is 0.857 bits per heavy atom. The number of carbonyl (C=O) groups excluding carboxylic acids is 5. The van der Waals surface area contributed by atoms with Gasteiger partial charge in [0.05, 0.1) is 18.4 Å². The van der Waals surface area contributed by atoms with Gasteiger partial charge in [0, 0.05) is 20.1 Å². The number of hydrogen-bond donors (Lipinski definition) is 3. The fourth-order valence-electron chi connectivity index (χ4n) is 4.79. The lowest BCUT2D eigenvalue weighted by Crippen LogP contribution is -2.50. The van der Waals surface area contributed by atoms with Crippen LogP contribution < -0.4 is 16.4 Å². The van der Waals surface area contributed by atoms with E-state index in [9.17, 15) is 24.0 Å². The predicted molar refractivity (Wildman–Crippen MR) is 186 cm³/mol. The van der Waals surface area contributed by atoms with E-state index >= 15 is 0 Å². The highest BCUT2D eigenvalue weighted by Gasteiger charge is 2.50. The zero-order valence-electron chi connectivity index (χ0n) is 32.2. The van der Waals surface area contributed by atoms with Crippen LogP contribution in [0, 0.1) is 5.92 Å². The van der Waals surface area contributed by atoms with Crippen LogP contribution in [0.4, 0.5) is 14.4 Å². The summed E-state index contributed by atoms with van der Waals surface area (Å²) in [5.74, 6) is -0.844. The molecule has 0 aromatic rings.